The highest BCUT2D eigenvalue weighted by Crippen LogP contribution is 2.19. The largest absolute Gasteiger partial charge is 0.392 e. The van der Waals surface area contributed by atoms with E-state index in [1.54, 1.807) is 18.2 Å². The van der Waals surface area contributed by atoms with Crippen molar-refractivity contribution in [3.05, 3.63) is 29.3 Å². The van der Waals surface area contributed by atoms with Crippen LogP contribution in [0.4, 0.5) is 0 Å². The van der Waals surface area contributed by atoms with Crippen LogP contribution in [0.1, 0.15) is 38.3 Å². The van der Waals surface area contributed by atoms with Gasteiger partial charge in [-0.25, -0.2) is 13.1 Å². The monoisotopic (exact) mass is 285 g/mol. The SMILES string of the molecule is CCc1ccc(CO)cc1S(=O)(=O)NCC(C)CC. The summed E-state index contributed by atoms with van der Waals surface area (Å²) in [4.78, 5) is 0.282. The van der Waals surface area contributed by atoms with Crippen LogP contribution in [0.2, 0.25) is 0 Å². The molecule has 0 saturated carbocycles. The van der Waals surface area contributed by atoms with Crippen LogP contribution >= 0.6 is 0 Å². The van der Waals surface area contributed by atoms with Gasteiger partial charge in [-0.3, -0.25) is 0 Å². The number of benzene rings is 1. The summed E-state index contributed by atoms with van der Waals surface area (Å²) >= 11 is 0. The number of hydrogen-bond acceptors (Lipinski definition) is 3. The van der Waals surface area contributed by atoms with Gasteiger partial charge >= 0.3 is 0 Å². The second kappa shape index (κ2) is 7.03. The summed E-state index contributed by atoms with van der Waals surface area (Å²) in [7, 11) is -3.50. The van der Waals surface area contributed by atoms with Gasteiger partial charge in [-0.15, -0.1) is 0 Å². The zero-order valence-electron chi connectivity index (χ0n) is 11.8. The predicted molar refractivity (Wildman–Crippen MR) is 76.4 cm³/mol. The molecule has 0 saturated heterocycles. The molecule has 0 heterocycles. The molecule has 0 aromatic heterocycles. The van der Waals surface area contributed by atoms with Crippen molar-refractivity contribution >= 4 is 10.0 Å². The molecule has 19 heavy (non-hydrogen) atoms. The van der Waals surface area contributed by atoms with Crippen molar-refractivity contribution in [2.24, 2.45) is 5.92 Å². The Morgan fingerprint density at radius 1 is 1.32 bits per heavy atom. The van der Waals surface area contributed by atoms with Crippen LogP contribution in [0.5, 0.6) is 0 Å². The van der Waals surface area contributed by atoms with Crippen molar-refractivity contribution in [2.45, 2.75) is 45.1 Å². The molecule has 0 spiro atoms. The maximum atomic E-state index is 12.3. The molecule has 1 aromatic rings. The molecule has 1 unspecified atom stereocenters. The second-order valence-corrected chi connectivity index (χ2v) is 6.55. The van der Waals surface area contributed by atoms with Crippen LogP contribution in [0, 0.1) is 5.92 Å². The zero-order chi connectivity index (χ0) is 14.5. The van der Waals surface area contributed by atoms with Crippen molar-refractivity contribution in [3.8, 4) is 0 Å². The van der Waals surface area contributed by atoms with Crippen molar-refractivity contribution in [3.63, 3.8) is 0 Å². The summed E-state index contributed by atoms with van der Waals surface area (Å²) < 4.78 is 27.3. The van der Waals surface area contributed by atoms with Crippen molar-refractivity contribution < 1.29 is 13.5 Å². The van der Waals surface area contributed by atoms with Crippen LogP contribution in [0.25, 0.3) is 0 Å². The summed E-state index contributed by atoms with van der Waals surface area (Å²) in [6, 6.07) is 5.08. The lowest BCUT2D eigenvalue weighted by molar-refractivity contribution is 0.281. The molecular weight excluding hydrogens is 262 g/mol. The van der Waals surface area contributed by atoms with Crippen LogP contribution in [0.3, 0.4) is 0 Å². The number of hydrogen-bond donors (Lipinski definition) is 2. The molecule has 5 heteroatoms. The maximum absolute atomic E-state index is 12.3. The Labute approximate surface area is 115 Å². The fourth-order valence-corrected chi connectivity index (χ4v) is 3.24. The van der Waals surface area contributed by atoms with E-state index in [2.05, 4.69) is 4.72 Å². The highest BCUT2D eigenvalue weighted by Gasteiger charge is 2.18. The molecule has 0 aliphatic rings. The fraction of sp³-hybridized carbons (Fsp3) is 0.571. The van der Waals surface area contributed by atoms with E-state index in [0.29, 0.717) is 24.4 Å². The minimum atomic E-state index is -3.50. The number of aryl methyl sites for hydroxylation is 1. The van der Waals surface area contributed by atoms with E-state index >= 15 is 0 Å². The summed E-state index contributed by atoms with van der Waals surface area (Å²) in [5.74, 6) is 0.306. The van der Waals surface area contributed by atoms with Gasteiger partial charge in [0.05, 0.1) is 11.5 Å². The Balaban J connectivity index is 3.05. The Kier molecular flexibility index (Phi) is 5.97. The van der Waals surface area contributed by atoms with Gasteiger partial charge in [0.15, 0.2) is 0 Å². The Bertz CT molecular complexity index is 511. The second-order valence-electron chi connectivity index (χ2n) is 4.82. The molecule has 1 atom stereocenters. The van der Waals surface area contributed by atoms with Gasteiger partial charge in [-0.2, -0.15) is 0 Å². The number of aliphatic hydroxyl groups is 1. The summed E-state index contributed by atoms with van der Waals surface area (Å²) in [6.45, 7) is 6.24. The van der Waals surface area contributed by atoms with Gasteiger partial charge in [0, 0.05) is 6.54 Å². The Morgan fingerprint density at radius 3 is 2.53 bits per heavy atom. The quantitative estimate of drug-likeness (QED) is 0.806. The van der Waals surface area contributed by atoms with E-state index in [1.165, 1.54) is 0 Å². The molecule has 0 aliphatic heterocycles. The van der Waals surface area contributed by atoms with E-state index in [1.807, 2.05) is 20.8 Å². The van der Waals surface area contributed by atoms with Gasteiger partial charge in [-0.1, -0.05) is 39.3 Å². The molecule has 0 fully saturated rings. The fourth-order valence-electron chi connectivity index (χ4n) is 1.71. The minimum absolute atomic E-state index is 0.155. The summed E-state index contributed by atoms with van der Waals surface area (Å²) in [5.41, 5.74) is 1.38. The average Bonchev–Trinajstić information content (AvgIpc) is 2.43. The first-order valence-electron chi connectivity index (χ1n) is 6.66. The first-order valence-corrected chi connectivity index (χ1v) is 8.15. The predicted octanol–water partition coefficient (Wildman–Crippen LogP) is 2.07. The molecule has 0 radical (unpaired) electrons. The lowest BCUT2D eigenvalue weighted by Gasteiger charge is -2.14. The number of aliphatic hydroxyl groups excluding tert-OH is 1. The first kappa shape index (κ1) is 16.1. The van der Waals surface area contributed by atoms with Gasteiger partial charge in [-0.05, 0) is 29.5 Å². The van der Waals surface area contributed by atoms with Crippen molar-refractivity contribution in [1.82, 2.24) is 4.72 Å². The Morgan fingerprint density at radius 2 is 2.00 bits per heavy atom. The minimum Gasteiger partial charge on any atom is -0.392 e. The molecular formula is C14H23NO3S. The van der Waals surface area contributed by atoms with Crippen LogP contribution in [0.15, 0.2) is 23.1 Å². The Hall–Kier alpha value is -0.910. The third-order valence-corrected chi connectivity index (χ3v) is 4.81. The maximum Gasteiger partial charge on any atom is 0.240 e. The number of rotatable bonds is 7. The molecule has 1 aromatic carbocycles. The van der Waals surface area contributed by atoms with E-state index in [4.69, 9.17) is 5.11 Å². The smallest absolute Gasteiger partial charge is 0.240 e. The molecule has 4 nitrogen and oxygen atoms in total. The van der Waals surface area contributed by atoms with E-state index in [-0.39, 0.29) is 11.5 Å². The highest BCUT2D eigenvalue weighted by molar-refractivity contribution is 7.89. The van der Waals surface area contributed by atoms with Gasteiger partial charge in [0.25, 0.3) is 0 Å². The molecule has 0 amide bonds. The van der Waals surface area contributed by atoms with Crippen molar-refractivity contribution in [2.75, 3.05) is 6.54 Å². The molecule has 108 valence electrons. The van der Waals surface area contributed by atoms with Gasteiger partial charge in [0.2, 0.25) is 10.0 Å². The van der Waals surface area contributed by atoms with Gasteiger partial charge < -0.3 is 5.11 Å². The van der Waals surface area contributed by atoms with E-state index < -0.39 is 10.0 Å². The van der Waals surface area contributed by atoms with E-state index in [9.17, 15) is 8.42 Å². The topological polar surface area (TPSA) is 66.4 Å². The van der Waals surface area contributed by atoms with Crippen LogP contribution < -0.4 is 4.72 Å². The highest BCUT2D eigenvalue weighted by atomic mass is 32.2. The van der Waals surface area contributed by atoms with Crippen LogP contribution in [-0.2, 0) is 23.1 Å². The molecule has 0 bridgehead atoms. The molecule has 2 N–H and O–H groups in total. The molecule has 0 aliphatic carbocycles. The summed E-state index contributed by atoms with van der Waals surface area (Å²) in [6.07, 6.45) is 1.57. The van der Waals surface area contributed by atoms with Crippen molar-refractivity contribution in [1.29, 1.82) is 0 Å². The van der Waals surface area contributed by atoms with E-state index in [0.717, 1.165) is 12.0 Å². The van der Waals surface area contributed by atoms with Gasteiger partial charge in [0.1, 0.15) is 0 Å². The normalized spacial score (nSPS) is 13.5. The number of sulfonamides is 1. The molecule has 1 rings (SSSR count). The summed E-state index contributed by atoms with van der Waals surface area (Å²) in [5, 5.41) is 9.13. The number of nitrogens with one attached hydrogen (secondary N) is 1. The zero-order valence-corrected chi connectivity index (χ0v) is 12.6. The first-order chi connectivity index (χ1) is 8.94. The lowest BCUT2D eigenvalue weighted by Crippen LogP contribution is -2.29. The average molecular weight is 285 g/mol. The standard InChI is InChI=1S/C14H23NO3S/c1-4-11(3)9-15-19(17,18)14-8-12(10-16)6-7-13(14)5-2/h6-8,11,15-16H,4-5,9-10H2,1-3H3. The lowest BCUT2D eigenvalue weighted by atomic mass is 10.1. The third kappa shape index (κ3) is 4.30. The third-order valence-electron chi connectivity index (χ3n) is 3.30. The van der Waals surface area contributed by atoms with Crippen LogP contribution in [-0.4, -0.2) is 20.1 Å².